The van der Waals surface area contributed by atoms with Gasteiger partial charge in [-0.15, -0.1) is 0 Å². The molecule has 0 aliphatic rings. The Labute approximate surface area is 515 Å². The van der Waals surface area contributed by atoms with Crippen LogP contribution in [-0.4, -0.2) is 37.2 Å². The van der Waals surface area contributed by atoms with E-state index in [9.17, 15) is 14.4 Å². The van der Waals surface area contributed by atoms with E-state index in [1.807, 2.05) is 0 Å². The molecule has 0 aromatic rings. The Balaban J connectivity index is 4.13. The zero-order chi connectivity index (χ0) is 59.9. The maximum absolute atomic E-state index is 12.9. The lowest BCUT2D eigenvalue weighted by Crippen LogP contribution is -2.30. The van der Waals surface area contributed by atoms with Crippen molar-refractivity contribution in [3.63, 3.8) is 0 Å². The summed E-state index contributed by atoms with van der Waals surface area (Å²) in [6.07, 6.45) is 95.9. The first-order chi connectivity index (χ1) is 41.0. The summed E-state index contributed by atoms with van der Waals surface area (Å²) in [5, 5.41) is 0. The minimum Gasteiger partial charge on any atom is -0.462 e. The van der Waals surface area contributed by atoms with Crippen LogP contribution in [0.5, 0.6) is 0 Å². The fourth-order valence-corrected chi connectivity index (χ4v) is 10.2. The van der Waals surface area contributed by atoms with Crippen molar-refractivity contribution in [3.8, 4) is 0 Å². The van der Waals surface area contributed by atoms with Gasteiger partial charge >= 0.3 is 17.9 Å². The van der Waals surface area contributed by atoms with Crippen LogP contribution in [-0.2, 0) is 28.6 Å². The van der Waals surface area contributed by atoms with Crippen LogP contribution in [0, 0.1) is 0 Å². The van der Waals surface area contributed by atoms with Crippen LogP contribution in [0.25, 0.3) is 0 Å². The molecule has 0 N–H and O–H groups in total. The molecule has 0 rings (SSSR count). The van der Waals surface area contributed by atoms with E-state index in [1.54, 1.807) is 0 Å². The van der Waals surface area contributed by atoms with Gasteiger partial charge in [-0.25, -0.2) is 0 Å². The number of ether oxygens (including phenoxy) is 3. The van der Waals surface area contributed by atoms with Crippen molar-refractivity contribution in [1.29, 1.82) is 0 Å². The van der Waals surface area contributed by atoms with Gasteiger partial charge < -0.3 is 14.2 Å². The highest BCUT2D eigenvalue weighted by Gasteiger charge is 2.19. The lowest BCUT2D eigenvalue weighted by Gasteiger charge is -2.18. The number of carbonyl (C=O) groups excluding carboxylic acids is 3. The second kappa shape index (κ2) is 70.8. The van der Waals surface area contributed by atoms with Crippen molar-refractivity contribution < 1.29 is 28.6 Å². The van der Waals surface area contributed by atoms with Gasteiger partial charge in [0.25, 0.3) is 0 Å². The summed E-state index contributed by atoms with van der Waals surface area (Å²) in [5.74, 6) is -0.880. The quantitative estimate of drug-likeness (QED) is 0.0261. The van der Waals surface area contributed by atoms with Crippen molar-refractivity contribution in [2.75, 3.05) is 13.2 Å². The first-order valence-electron chi connectivity index (χ1n) is 35.7. The van der Waals surface area contributed by atoms with E-state index in [1.165, 1.54) is 205 Å². The van der Waals surface area contributed by atoms with Crippen molar-refractivity contribution in [3.05, 3.63) is 97.2 Å². The fraction of sp³-hybridized carbons (Fsp3) is 0.753. The second-order valence-electron chi connectivity index (χ2n) is 23.8. The molecule has 6 heteroatoms. The maximum Gasteiger partial charge on any atom is 0.306 e. The third-order valence-electron chi connectivity index (χ3n) is 15.5. The SMILES string of the molecule is CC/C=C\C/C=C\C/C=C\C/C=C\C/C=C\CCCCCCCCCCCCCCCCCCCCCC(=O)OCC(COC(=O)CCCCCCC/C=C\CCCCC)OC(=O)CCCCCCCCC/C=C\C/C=C\CCCCCC. The third-order valence-corrected chi connectivity index (χ3v) is 15.5. The van der Waals surface area contributed by atoms with Gasteiger partial charge in [0.1, 0.15) is 13.2 Å². The van der Waals surface area contributed by atoms with E-state index >= 15 is 0 Å². The molecule has 0 saturated carbocycles. The predicted octanol–water partition coefficient (Wildman–Crippen LogP) is 24.8. The van der Waals surface area contributed by atoms with E-state index < -0.39 is 6.10 Å². The molecule has 0 aromatic carbocycles. The van der Waals surface area contributed by atoms with Crippen LogP contribution in [0.3, 0.4) is 0 Å². The van der Waals surface area contributed by atoms with Crippen LogP contribution in [0.4, 0.5) is 0 Å². The lowest BCUT2D eigenvalue weighted by atomic mass is 10.0. The summed E-state index contributed by atoms with van der Waals surface area (Å²) in [5.41, 5.74) is 0. The highest BCUT2D eigenvalue weighted by Crippen LogP contribution is 2.17. The van der Waals surface area contributed by atoms with E-state index in [2.05, 4.69) is 118 Å². The van der Waals surface area contributed by atoms with E-state index in [0.717, 1.165) is 109 Å². The Morgan fingerprint density at radius 2 is 0.470 bits per heavy atom. The number of rotatable bonds is 65. The Bertz CT molecular complexity index is 1610. The normalized spacial score (nSPS) is 12.7. The summed E-state index contributed by atoms with van der Waals surface area (Å²) in [4.78, 5) is 38.4. The summed E-state index contributed by atoms with van der Waals surface area (Å²) >= 11 is 0. The van der Waals surface area contributed by atoms with Gasteiger partial charge in [0.2, 0.25) is 0 Å². The van der Waals surface area contributed by atoms with E-state index in [-0.39, 0.29) is 31.1 Å². The molecule has 83 heavy (non-hydrogen) atoms. The Morgan fingerprint density at radius 3 is 0.771 bits per heavy atom. The van der Waals surface area contributed by atoms with Crippen LogP contribution in [0.15, 0.2) is 97.2 Å². The molecule has 1 atom stereocenters. The van der Waals surface area contributed by atoms with E-state index in [4.69, 9.17) is 14.2 Å². The monoisotopic (exact) mass is 1160 g/mol. The number of allylic oxidation sites excluding steroid dienone is 16. The highest BCUT2D eigenvalue weighted by molar-refractivity contribution is 5.71. The standard InChI is InChI=1S/C77H134O6/c1-4-7-10-13-16-19-22-25-27-29-31-32-33-34-35-36-37-38-39-40-41-42-43-44-45-46-47-49-50-52-55-58-61-64-67-70-76(79)82-73-74(72-81-75(78)69-66-63-60-57-54-24-21-18-15-12-9-6-3)83-77(80)71-68-65-62-59-56-53-51-48-30-28-26-23-20-17-14-11-8-5-2/h7,10,16,18-21,23,25,27-28,30-32,34-35,74H,4-6,8-9,11-15,17,22,24,26,29,33,36-73H2,1-3H3/b10-7-,19-16-,21-18-,23-20-,27-25-,30-28-,32-31-,35-34-. The molecule has 0 fully saturated rings. The first kappa shape index (κ1) is 79.3. The molecule has 0 spiro atoms. The lowest BCUT2D eigenvalue weighted by molar-refractivity contribution is -0.167. The second-order valence-corrected chi connectivity index (χ2v) is 23.8. The largest absolute Gasteiger partial charge is 0.462 e. The molecule has 0 heterocycles. The minimum absolute atomic E-state index is 0.0791. The Kier molecular flexibility index (Phi) is 67.7. The van der Waals surface area contributed by atoms with Crippen LogP contribution < -0.4 is 0 Å². The maximum atomic E-state index is 12.9. The summed E-state index contributed by atoms with van der Waals surface area (Å²) in [7, 11) is 0. The van der Waals surface area contributed by atoms with Gasteiger partial charge in [0, 0.05) is 19.3 Å². The molecule has 1 unspecified atom stereocenters. The molecule has 0 radical (unpaired) electrons. The van der Waals surface area contributed by atoms with Gasteiger partial charge in [-0.1, -0.05) is 311 Å². The van der Waals surface area contributed by atoms with Gasteiger partial charge in [0.15, 0.2) is 6.10 Å². The molecule has 478 valence electrons. The van der Waals surface area contributed by atoms with Crippen molar-refractivity contribution >= 4 is 17.9 Å². The average molecular weight is 1160 g/mol. The molecule has 0 amide bonds. The summed E-state index contributed by atoms with van der Waals surface area (Å²) in [6, 6.07) is 0. The van der Waals surface area contributed by atoms with E-state index in [0.29, 0.717) is 19.3 Å². The molecule has 0 aliphatic heterocycles. The zero-order valence-electron chi connectivity index (χ0n) is 54.9. The molecular weight excluding hydrogens is 1020 g/mol. The van der Waals surface area contributed by atoms with Gasteiger partial charge in [-0.05, 0) is 122 Å². The van der Waals surface area contributed by atoms with Gasteiger partial charge in [-0.2, -0.15) is 0 Å². The van der Waals surface area contributed by atoms with Crippen molar-refractivity contribution in [2.45, 2.75) is 361 Å². The first-order valence-corrected chi connectivity index (χ1v) is 35.7. The minimum atomic E-state index is -0.784. The topological polar surface area (TPSA) is 78.9 Å². The Morgan fingerprint density at radius 1 is 0.253 bits per heavy atom. The molecule has 0 aliphatic carbocycles. The summed E-state index contributed by atoms with van der Waals surface area (Å²) in [6.45, 7) is 6.51. The molecule has 0 bridgehead atoms. The molecular formula is C77H134O6. The number of hydrogen-bond acceptors (Lipinski definition) is 6. The van der Waals surface area contributed by atoms with Crippen LogP contribution in [0.2, 0.25) is 0 Å². The van der Waals surface area contributed by atoms with Crippen LogP contribution >= 0.6 is 0 Å². The Hall–Kier alpha value is -3.67. The van der Waals surface area contributed by atoms with Gasteiger partial charge in [0.05, 0.1) is 0 Å². The predicted molar refractivity (Wildman–Crippen MR) is 362 cm³/mol. The van der Waals surface area contributed by atoms with Crippen LogP contribution in [0.1, 0.15) is 355 Å². The number of hydrogen-bond donors (Lipinski definition) is 0. The number of carbonyl (C=O) groups is 3. The van der Waals surface area contributed by atoms with Gasteiger partial charge in [-0.3, -0.25) is 14.4 Å². The average Bonchev–Trinajstić information content (AvgIpc) is 3.49. The molecule has 0 aromatic heterocycles. The smallest absolute Gasteiger partial charge is 0.306 e. The zero-order valence-corrected chi connectivity index (χ0v) is 54.9. The molecule has 0 saturated heterocycles. The van der Waals surface area contributed by atoms with Crippen molar-refractivity contribution in [2.24, 2.45) is 0 Å². The number of unbranched alkanes of at least 4 members (excludes halogenated alkanes) is 38. The van der Waals surface area contributed by atoms with Crippen molar-refractivity contribution in [1.82, 2.24) is 0 Å². The third kappa shape index (κ3) is 69.0. The highest BCUT2D eigenvalue weighted by atomic mass is 16.6. The fourth-order valence-electron chi connectivity index (χ4n) is 10.2. The number of esters is 3. The molecule has 6 nitrogen and oxygen atoms in total. The summed E-state index contributed by atoms with van der Waals surface area (Å²) < 4.78 is 16.9.